The summed E-state index contributed by atoms with van der Waals surface area (Å²) in [6.45, 7) is 9.16. The number of ether oxygens (including phenoxy) is 1. The molecule has 2 aromatic rings. The average molecular weight is 416 g/mol. The van der Waals surface area contributed by atoms with Crippen LogP contribution in [0.1, 0.15) is 34.0 Å². The van der Waals surface area contributed by atoms with E-state index < -0.39 is 0 Å². The summed E-state index contributed by atoms with van der Waals surface area (Å²) in [6, 6.07) is 8.40. The summed E-state index contributed by atoms with van der Waals surface area (Å²) in [5.41, 5.74) is 2.47. The predicted molar refractivity (Wildman–Crippen MR) is 121 cm³/mol. The van der Waals surface area contributed by atoms with Gasteiger partial charge in [0.25, 0.3) is 0 Å². The molecule has 1 aliphatic heterocycles. The predicted octanol–water partition coefficient (Wildman–Crippen LogP) is 3.35. The summed E-state index contributed by atoms with van der Waals surface area (Å²) in [5, 5.41) is 7.98. The van der Waals surface area contributed by atoms with E-state index in [9.17, 15) is 0 Å². The molecule has 2 heterocycles. The van der Waals surface area contributed by atoms with Crippen LogP contribution in [0.2, 0.25) is 0 Å². The maximum atomic E-state index is 5.24. The van der Waals surface area contributed by atoms with Crippen LogP contribution < -0.4 is 15.4 Å². The Bertz CT molecular complexity index is 775. The van der Waals surface area contributed by atoms with E-state index in [1.54, 1.807) is 18.4 Å². The number of piperidine rings is 1. The van der Waals surface area contributed by atoms with Gasteiger partial charge in [0.15, 0.2) is 5.96 Å². The maximum absolute atomic E-state index is 5.24. The molecule has 2 N–H and O–H groups in total. The lowest BCUT2D eigenvalue weighted by molar-refractivity contribution is 0.178. The molecular formula is C22H33N5OS. The zero-order valence-corrected chi connectivity index (χ0v) is 18.8. The minimum Gasteiger partial charge on any atom is -0.497 e. The van der Waals surface area contributed by atoms with Gasteiger partial charge < -0.3 is 15.4 Å². The highest BCUT2D eigenvalue weighted by Gasteiger charge is 2.19. The number of likely N-dealkylation sites (tertiary alicyclic amines) is 1. The third kappa shape index (κ3) is 6.44. The standard InChI is InChI=1S/C22H33N5OS/c1-16-17(2)29-21(26-16)14-25-22(23-3)24-13-18-9-11-27(12-10-18)15-19-5-7-20(28-4)8-6-19/h5-8,18H,9-15H2,1-4H3,(H2,23,24,25). The molecule has 1 saturated heterocycles. The van der Waals surface area contributed by atoms with E-state index in [1.807, 2.05) is 19.2 Å². The summed E-state index contributed by atoms with van der Waals surface area (Å²) in [7, 11) is 3.53. The second kappa shape index (κ2) is 10.6. The zero-order chi connectivity index (χ0) is 20.6. The molecule has 1 fully saturated rings. The Balaban J connectivity index is 1.37. The van der Waals surface area contributed by atoms with E-state index in [2.05, 4.69) is 51.5 Å². The van der Waals surface area contributed by atoms with E-state index in [4.69, 9.17) is 4.74 Å². The monoisotopic (exact) mass is 415 g/mol. The quantitative estimate of drug-likeness (QED) is 0.536. The molecule has 0 saturated carbocycles. The molecule has 6 nitrogen and oxygen atoms in total. The lowest BCUT2D eigenvalue weighted by Crippen LogP contribution is -2.42. The Morgan fingerprint density at radius 2 is 1.93 bits per heavy atom. The van der Waals surface area contributed by atoms with Gasteiger partial charge in [0, 0.05) is 25.0 Å². The minimum atomic E-state index is 0.685. The Kier molecular flexibility index (Phi) is 7.89. The molecular weight excluding hydrogens is 382 g/mol. The summed E-state index contributed by atoms with van der Waals surface area (Å²) in [5.74, 6) is 2.46. The number of guanidine groups is 1. The van der Waals surface area contributed by atoms with Crippen molar-refractivity contribution in [3.8, 4) is 5.75 Å². The van der Waals surface area contributed by atoms with Gasteiger partial charge in [-0.15, -0.1) is 11.3 Å². The van der Waals surface area contributed by atoms with Crippen molar-refractivity contribution in [1.82, 2.24) is 20.5 Å². The number of aromatic nitrogens is 1. The van der Waals surface area contributed by atoms with Crippen LogP contribution in [0.25, 0.3) is 0 Å². The molecule has 158 valence electrons. The van der Waals surface area contributed by atoms with Gasteiger partial charge in [-0.2, -0.15) is 0 Å². The van der Waals surface area contributed by atoms with Crippen LogP contribution in [-0.2, 0) is 13.1 Å². The molecule has 7 heteroatoms. The van der Waals surface area contributed by atoms with E-state index in [1.165, 1.54) is 23.3 Å². The number of hydrogen-bond donors (Lipinski definition) is 2. The topological polar surface area (TPSA) is 61.8 Å². The summed E-state index contributed by atoms with van der Waals surface area (Å²) >= 11 is 1.75. The fraction of sp³-hybridized carbons (Fsp3) is 0.545. The highest BCUT2D eigenvalue weighted by atomic mass is 32.1. The number of hydrogen-bond acceptors (Lipinski definition) is 5. The largest absolute Gasteiger partial charge is 0.497 e. The number of aliphatic imine (C=N–C) groups is 1. The van der Waals surface area contributed by atoms with E-state index >= 15 is 0 Å². The van der Waals surface area contributed by atoms with Gasteiger partial charge in [-0.05, 0) is 63.4 Å². The van der Waals surface area contributed by atoms with Crippen molar-refractivity contribution in [1.29, 1.82) is 0 Å². The molecule has 0 unspecified atom stereocenters. The molecule has 0 spiro atoms. The zero-order valence-electron chi connectivity index (χ0n) is 18.0. The maximum Gasteiger partial charge on any atom is 0.191 e. The molecule has 1 aromatic carbocycles. The van der Waals surface area contributed by atoms with Crippen molar-refractivity contribution < 1.29 is 4.74 Å². The van der Waals surface area contributed by atoms with Gasteiger partial charge >= 0.3 is 0 Å². The van der Waals surface area contributed by atoms with Crippen LogP contribution in [0.4, 0.5) is 0 Å². The van der Waals surface area contributed by atoms with Crippen molar-refractivity contribution >= 4 is 17.3 Å². The van der Waals surface area contributed by atoms with Crippen molar-refractivity contribution in [3.05, 3.63) is 45.4 Å². The van der Waals surface area contributed by atoms with Crippen molar-refractivity contribution in [2.75, 3.05) is 33.8 Å². The molecule has 0 radical (unpaired) electrons. The first-order valence-corrected chi connectivity index (χ1v) is 11.1. The first kappa shape index (κ1) is 21.6. The molecule has 1 aliphatic rings. The average Bonchev–Trinajstić information content (AvgIpc) is 3.07. The highest BCUT2D eigenvalue weighted by molar-refractivity contribution is 7.11. The normalized spacial score (nSPS) is 16.1. The summed E-state index contributed by atoms with van der Waals surface area (Å²) in [4.78, 5) is 12.8. The van der Waals surface area contributed by atoms with Gasteiger partial charge in [0.2, 0.25) is 0 Å². The van der Waals surface area contributed by atoms with Crippen molar-refractivity contribution in [2.45, 2.75) is 39.8 Å². The van der Waals surface area contributed by atoms with Crippen molar-refractivity contribution in [2.24, 2.45) is 10.9 Å². The lowest BCUT2D eigenvalue weighted by atomic mass is 9.96. The second-order valence-corrected chi connectivity index (χ2v) is 8.91. The highest BCUT2D eigenvalue weighted by Crippen LogP contribution is 2.20. The van der Waals surface area contributed by atoms with E-state index in [0.717, 1.165) is 55.1 Å². The SMILES string of the molecule is CN=C(NCc1nc(C)c(C)s1)NCC1CCN(Cc2ccc(OC)cc2)CC1. The molecule has 0 amide bonds. The minimum absolute atomic E-state index is 0.685. The fourth-order valence-electron chi connectivity index (χ4n) is 3.57. The third-order valence-corrected chi connectivity index (χ3v) is 6.61. The van der Waals surface area contributed by atoms with Crippen LogP contribution >= 0.6 is 11.3 Å². The number of methoxy groups -OCH3 is 1. The number of aryl methyl sites for hydroxylation is 2. The fourth-order valence-corrected chi connectivity index (χ4v) is 4.45. The van der Waals surface area contributed by atoms with Gasteiger partial charge in [0.1, 0.15) is 10.8 Å². The first-order chi connectivity index (χ1) is 14.1. The smallest absolute Gasteiger partial charge is 0.191 e. The van der Waals surface area contributed by atoms with Crippen LogP contribution in [0, 0.1) is 19.8 Å². The van der Waals surface area contributed by atoms with Crippen LogP contribution in [0.3, 0.4) is 0 Å². The number of thiazole rings is 1. The van der Waals surface area contributed by atoms with Gasteiger partial charge in [-0.25, -0.2) is 4.98 Å². The van der Waals surface area contributed by atoms with Gasteiger partial charge in [0.05, 0.1) is 19.3 Å². The molecule has 0 atom stereocenters. The molecule has 0 aliphatic carbocycles. The molecule has 3 rings (SSSR count). The lowest BCUT2D eigenvalue weighted by Gasteiger charge is -2.32. The number of rotatable bonds is 7. The van der Waals surface area contributed by atoms with Crippen LogP contribution in [0.5, 0.6) is 5.75 Å². The first-order valence-electron chi connectivity index (χ1n) is 10.3. The Morgan fingerprint density at radius 1 is 1.21 bits per heavy atom. The Labute approximate surface area is 178 Å². The molecule has 29 heavy (non-hydrogen) atoms. The number of nitrogens with zero attached hydrogens (tertiary/aromatic N) is 3. The van der Waals surface area contributed by atoms with Crippen LogP contribution in [0.15, 0.2) is 29.3 Å². The second-order valence-electron chi connectivity index (χ2n) is 7.62. The van der Waals surface area contributed by atoms with Crippen molar-refractivity contribution in [3.63, 3.8) is 0 Å². The van der Waals surface area contributed by atoms with E-state index in [-0.39, 0.29) is 0 Å². The van der Waals surface area contributed by atoms with Crippen LogP contribution in [-0.4, -0.2) is 49.6 Å². The molecule has 0 bridgehead atoms. The number of benzene rings is 1. The third-order valence-electron chi connectivity index (χ3n) is 5.53. The summed E-state index contributed by atoms with van der Waals surface area (Å²) in [6.07, 6.45) is 2.43. The number of nitrogens with one attached hydrogen (secondary N) is 2. The van der Waals surface area contributed by atoms with E-state index in [0.29, 0.717) is 5.92 Å². The van der Waals surface area contributed by atoms with Gasteiger partial charge in [-0.1, -0.05) is 12.1 Å². The Hall–Kier alpha value is -2.12. The summed E-state index contributed by atoms with van der Waals surface area (Å²) < 4.78 is 5.24. The Morgan fingerprint density at radius 3 is 2.52 bits per heavy atom. The van der Waals surface area contributed by atoms with Gasteiger partial charge in [-0.3, -0.25) is 9.89 Å². The molecule has 1 aromatic heterocycles.